The molecule has 3 N–H and O–H groups in total. The third-order valence-corrected chi connectivity index (χ3v) is 12.0. The van der Waals surface area contributed by atoms with Gasteiger partial charge in [0.1, 0.15) is 28.6 Å². The molecule has 2 aliphatic carbocycles. The average Bonchev–Trinajstić information content (AvgIpc) is 3.51. The number of rotatable bonds is 9. The minimum Gasteiger partial charge on any atom is -0.508 e. The molecule has 0 amide bonds. The smallest absolute Gasteiger partial charge is 0.319 e. The van der Waals surface area contributed by atoms with Crippen LogP contribution in [-0.2, 0) is 15.9 Å². The number of nitrogens with zero attached hydrogens (tertiary/aromatic N) is 5. The summed E-state index contributed by atoms with van der Waals surface area (Å²) >= 11 is 0. The summed E-state index contributed by atoms with van der Waals surface area (Å²) in [6.45, 7) is 7.31. The summed E-state index contributed by atoms with van der Waals surface area (Å²) < 4.78 is 50.0. The fourth-order valence-corrected chi connectivity index (χ4v) is 9.34. The molecule has 8 rings (SSSR count). The Morgan fingerprint density at radius 2 is 1.87 bits per heavy atom. The van der Waals surface area contributed by atoms with Crippen LogP contribution in [0.15, 0.2) is 30.5 Å². The van der Waals surface area contributed by atoms with Gasteiger partial charge < -0.3 is 34.4 Å². The summed E-state index contributed by atoms with van der Waals surface area (Å²) in [6.07, 6.45) is 8.01. The van der Waals surface area contributed by atoms with E-state index in [0.29, 0.717) is 53.4 Å². The monoisotopic (exact) mass is 749 g/mol. The molecule has 11 nitrogen and oxygen atoms in total. The first kappa shape index (κ1) is 38.5. The molecule has 0 radical (unpaired) electrons. The van der Waals surface area contributed by atoms with Crippen molar-refractivity contribution in [1.82, 2.24) is 19.9 Å². The molecule has 13 heteroatoms. The number of piperidine rings is 1. The summed E-state index contributed by atoms with van der Waals surface area (Å²) in [4.78, 5) is 18.5. The van der Waals surface area contributed by atoms with Crippen LogP contribution in [0.2, 0.25) is 0 Å². The maximum atomic E-state index is 17.1. The molecule has 292 valence electrons. The number of aryl methyl sites for hydroxylation is 1. The Morgan fingerprint density at radius 1 is 1.07 bits per heavy atom. The Labute approximate surface area is 315 Å². The van der Waals surface area contributed by atoms with Gasteiger partial charge in [0.2, 0.25) is 0 Å². The summed E-state index contributed by atoms with van der Waals surface area (Å²) in [7, 11) is 1.78. The second kappa shape index (κ2) is 16.2. The molecule has 3 unspecified atom stereocenters. The molecule has 0 spiro atoms. The lowest BCUT2D eigenvalue weighted by atomic mass is 9.73. The largest absolute Gasteiger partial charge is 0.508 e. The van der Waals surface area contributed by atoms with E-state index in [2.05, 4.69) is 14.9 Å². The second-order valence-electron chi connectivity index (χ2n) is 15.1. The number of hydrogen-bond acceptors (Lipinski definition) is 11. The zero-order valence-corrected chi connectivity index (χ0v) is 31.7. The van der Waals surface area contributed by atoms with Gasteiger partial charge in [-0.25, -0.2) is 8.78 Å². The molecule has 4 aliphatic rings. The third kappa shape index (κ3) is 7.09. The summed E-state index contributed by atoms with van der Waals surface area (Å²) in [5, 5.41) is 32.7. The van der Waals surface area contributed by atoms with Gasteiger partial charge in [-0.15, -0.1) is 0 Å². The minimum atomic E-state index is -0.889. The quantitative estimate of drug-likeness (QED) is 0.182. The number of hydrogen-bond donors (Lipinski definition) is 3. The minimum absolute atomic E-state index is 0.0000480. The third-order valence-electron chi connectivity index (χ3n) is 12.0. The SMILES string of the molecule is CC.CCc1c(F)ccc2cc(O)cc(-c3ncc4c(N5CC(O)CO[C@@H](CO)C5)nc(OCC56CCCC5N(C5CC(OC)C5)CCC6)nc4c3F)c12. The number of likely N-dealkylation sites (tertiary alicyclic amines) is 1. The van der Waals surface area contributed by atoms with Gasteiger partial charge in [0.25, 0.3) is 0 Å². The Hall–Kier alpha value is -3.75. The highest BCUT2D eigenvalue weighted by atomic mass is 19.1. The first-order valence-electron chi connectivity index (χ1n) is 19.6. The molecule has 54 heavy (non-hydrogen) atoms. The summed E-state index contributed by atoms with van der Waals surface area (Å²) in [5.74, 6) is -1.00. The van der Waals surface area contributed by atoms with Crippen molar-refractivity contribution in [3.05, 3.63) is 47.7 Å². The fraction of sp³-hybridized carbons (Fsp3) is 0.585. The predicted molar refractivity (Wildman–Crippen MR) is 203 cm³/mol. The number of aromatic hydroxyl groups is 1. The van der Waals surface area contributed by atoms with Crippen LogP contribution in [0.3, 0.4) is 0 Å². The zero-order valence-electron chi connectivity index (χ0n) is 31.7. The van der Waals surface area contributed by atoms with Crippen LogP contribution < -0.4 is 9.64 Å². The highest BCUT2D eigenvalue weighted by molar-refractivity contribution is 6.01. The van der Waals surface area contributed by atoms with Gasteiger partial charge in [0.15, 0.2) is 5.82 Å². The van der Waals surface area contributed by atoms with E-state index in [4.69, 9.17) is 19.2 Å². The van der Waals surface area contributed by atoms with E-state index in [1.54, 1.807) is 18.1 Å². The van der Waals surface area contributed by atoms with Gasteiger partial charge in [-0.05, 0) is 86.0 Å². The number of phenols is 1. The number of halogens is 2. The maximum Gasteiger partial charge on any atom is 0.319 e. The van der Waals surface area contributed by atoms with E-state index in [-0.39, 0.29) is 65.6 Å². The van der Waals surface area contributed by atoms with Crippen LogP contribution in [0.4, 0.5) is 14.6 Å². The number of pyridine rings is 1. The number of fused-ring (bicyclic) bond motifs is 3. The molecule has 2 saturated heterocycles. The second-order valence-corrected chi connectivity index (χ2v) is 15.1. The molecule has 2 aliphatic heterocycles. The lowest BCUT2D eigenvalue weighted by Gasteiger charge is -2.53. The molecule has 2 aromatic carbocycles. The number of methoxy groups -OCH3 is 1. The van der Waals surface area contributed by atoms with Crippen molar-refractivity contribution in [3.8, 4) is 23.0 Å². The van der Waals surface area contributed by atoms with Crippen LogP contribution in [0, 0.1) is 17.0 Å². The van der Waals surface area contributed by atoms with Crippen molar-refractivity contribution in [2.75, 3.05) is 51.5 Å². The van der Waals surface area contributed by atoms with Crippen molar-refractivity contribution in [2.45, 2.75) is 103 Å². The predicted octanol–water partition coefficient (Wildman–Crippen LogP) is 6.17. The lowest BCUT2D eigenvalue weighted by Crippen LogP contribution is -2.59. The Bertz CT molecular complexity index is 1960. The van der Waals surface area contributed by atoms with Gasteiger partial charge in [-0.2, -0.15) is 9.97 Å². The molecular formula is C41H53F2N5O6. The normalized spacial score (nSPS) is 27.3. The van der Waals surface area contributed by atoms with E-state index in [0.717, 1.165) is 51.5 Å². The maximum absolute atomic E-state index is 17.1. The van der Waals surface area contributed by atoms with Gasteiger partial charge in [-0.3, -0.25) is 9.88 Å². The molecule has 0 bridgehead atoms. The highest BCUT2D eigenvalue weighted by Crippen LogP contribution is 2.50. The highest BCUT2D eigenvalue weighted by Gasteiger charge is 2.51. The van der Waals surface area contributed by atoms with E-state index in [9.17, 15) is 15.3 Å². The van der Waals surface area contributed by atoms with E-state index in [1.807, 2.05) is 20.8 Å². The number of aliphatic hydroxyl groups is 2. The van der Waals surface area contributed by atoms with Crippen molar-refractivity contribution < 1.29 is 38.3 Å². The molecule has 4 heterocycles. The molecule has 2 saturated carbocycles. The van der Waals surface area contributed by atoms with Crippen molar-refractivity contribution >= 4 is 27.5 Å². The first-order valence-corrected chi connectivity index (χ1v) is 19.6. The molecular weight excluding hydrogens is 696 g/mol. The van der Waals surface area contributed by atoms with Gasteiger partial charge in [0, 0.05) is 49.5 Å². The van der Waals surface area contributed by atoms with Crippen molar-refractivity contribution in [3.63, 3.8) is 0 Å². The van der Waals surface area contributed by atoms with Gasteiger partial charge in [0.05, 0.1) is 43.5 Å². The molecule has 4 atom stereocenters. The number of anilines is 1. The lowest BCUT2D eigenvalue weighted by molar-refractivity contribution is -0.0845. The average molecular weight is 750 g/mol. The van der Waals surface area contributed by atoms with Crippen molar-refractivity contribution in [2.24, 2.45) is 5.41 Å². The first-order chi connectivity index (χ1) is 26.2. The summed E-state index contributed by atoms with van der Waals surface area (Å²) in [5.41, 5.74) is 0.397. The van der Waals surface area contributed by atoms with E-state index >= 15 is 8.78 Å². The van der Waals surface area contributed by atoms with Crippen molar-refractivity contribution in [1.29, 1.82) is 0 Å². The Morgan fingerprint density at radius 3 is 2.63 bits per heavy atom. The number of phenolic OH excluding ortho intramolecular Hbond substituents is 1. The van der Waals surface area contributed by atoms with Gasteiger partial charge in [-0.1, -0.05) is 33.3 Å². The zero-order chi connectivity index (χ0) is 38.1. The van der Waals surface area contributed by atoms with E-state index < -0.39 is 23.8 Å². The molecule has 4 aromatic rings. The summed E-state index contributed by atoms with van der Waals surface area (Å²) in [6, 6.07) is 6.70. The number of aliphatic hydroxyl groups excluding tert-OH is 2. The Kier molecular flexibility index (Phi) is 11.5. The standard InChI is InChI=1S/C39H47F2N5O6.C2H6/c1-3-28-31(40)8-7-22-12-24(48)15-29(33(22)28)35-34(41)36-30(16-42-35)37(45-17-25(49)20-51-27(18-45)19-47)44-38(43-36)52-21-39-9-4-6-32(39)46(11-5-10-39)23-13-26(14-23)50-2;1-2/h7-8,12,15-16,23,25-27,32,47-49H,3-6,9-11,13-14,17-21H2,1-2H3;1-2H3/t23?,25?,26?,27-,32?,39?;/m1./s1. The number of aromatic nitrogens is 3. The van der Waals surface area contributed by atoms with Crippen LogP contribution in [-0.4, -0.2) is 112 Å². The number of β-amino-alcohol motifs (C(OH)–C–C–N with tert-alkyl or cyclic N) is 1. The number of ether oxygens (including phenoxy) is 3. The molecule has 4 fully saturated rings. The Balaban J connectivity index is 0.00000221. The topological polar surface area (TPSA) is 134 Å². The fourth-order valence-electron chi connectivity index (χ4n) is 9.34. The van der Waals surface area contributed by atoms with Crippen LogP contribution in [0.25, 0.3) is 32.9 Å². The van der Waals surface area contributed by atoms with Crippen LogP contribution in [0.5, 0.6) is 11.8 Å². The van der Waals surface area contributed by atoms with Crippen LogP contribution >= 0.6 is 0 Å². The van der Waals surface area contributed by atoms with Crippen LogP contribution in [0.1, 0.15) is 71.3 Å². The number of benzene rings is 2. The van der Waals surface area contributed by atoms with E-state index in [1.165, 1.54) is 24.4 Å². The molecule has 2 aromatic heterocycles. The van der Waals surface area contributed by atoms with Gasteiger partial charge >= 0.3 is 6.01 Å².